The van der Waals surface area contributed by atoms with Gasteiger partial charge in [-0.3, -0.25) is 9.88 Å². The van der Waals surface area contributed by atoms with Crippen LogP contribution in [-0.2, 0) is 4.74 Å². The van der Waals surface area contributed by atoms with Crippen LogP contribution in [0.15, 0.2) is 42.6 Å². The Morgan fingerprint density at radius 2 is 1.88 bits per heavy atom. The van der Waals surface area contributed by atoms with E-state index in [0.717, 1.165) is 62.2 Å². The van der Waals surface area contributed by atoms with Crippen molar-refractivity contribution in [3.63, 3.8) is 0 Å². The molecule has 2 atom stereocenters. The van der Waals surface area contributed by atoms with Crippen molar-refractivity contribution in [2.24, 2.45) is 0 Å². The van der Waals surface area contributed by atoms with Crippen molar-refractivity contribution >= 4 is 12.1 Å². The van der Waals surface area contributed by atoms with Crippen LogP contribution in [0.25, 0.3) is 0 Å². The van der Waals surface area contributed by atoms with Gasteiger partial charge in [0.25, 0.3) is 0 Å². The zero-order valence-corrected chi connectivity index (χ0v) is 18.8. The van der Waals surface area contributed by atoms with Crippen LogP contribution in [0, 0.1) is 11.6 Å². The number of cyclic esters (lactones) is 1. The van der Waals surface area contributed by atoms with Crippen molar-refractivity contribution in [3.05, 3.63) is 65.5 Å². The lowest BCUT2D eigenvalue weighted by atomic mass is 9.83. The normalized spacial score (nSPS) is 27.6. The molecule has 9 heteroatoms. The standard InChI is InChI=1S/C25H28F2N4O3/c26-20-9-6-17(13-21(20)27)23-15-34-25(33)31(23)24(32)29-18-10-12-30(14-18)19-7-4-16(5-8-19)22-3-1-2-11-28-22/h1-3,6,9,11,13,16,18-19,23H,4-5,7-8,10,12,14-15H2,(H,29,32)/t16?,18-,19?,23?/m1/s1. The Labute approximate surface area is 197 Å². The predicted octanol–water partition coefficient (Wildman–Crippen LogP) is 4.36. The first-order chi connectivity index (χ1) is 16.5. The Balaban J connectivity index is 1.16. The summed E-state index contributed by atoms with van der Waals surface area (Å²) in [6, 6.07) is 8.47. The molecule has 2 saturated heterocycles. The Hall–Kier alpha value is -3.07. The second kappa shape index (κ2) is 9.66. The third kappa shape index (κ3) is 4.61. The molecule has 5 rings (SSSR count). The molecule has 34 heavy (non-hydrogen) atoms. The van der Waals surface area contributed by atoms with Gasteiger partial charge in [-0.25, -0.2) is 23.3 Å². The maximum absolute atomic E-state index is 13.7. The van der Waals surface area contributed by atoms with Crippen LogP contribution in [0.5, 0.6) is 0 Å². The molecule has 3 fully saturated rings. The van der Waals surface area contributed by atoms with Gasteiger partial charge in [-0.2, -0.15) is 0 Å². The van der Waals surface area contributed by atoms with Crippen LogP contribution in [0.2, 0.25) is 0 Å². The largest absolute Gasteiger partial charge is 0.446 e. The maximum Gasteiger partial charge on any atom is 0.418 e. The van der Waals surface area contributed by atoms with Gasteiger partial charge in [-0.1, -0.05) is 12.1 Å². The van der Waals surface area contributed by atoms with Gasteiger partial charge < -0.3 is 10.1 Å². The number of nitrogens with one attached hydrogen (secondary N) is 1. The number of hydrogen-bond acceptors (Lipinski definition) is 5. The number of nitrogens with zero attached hydrogens (tertiary/aromatic N) is 3. The van der Waals surface area contributed by atoms with Gasteiger partial charge in [0, 0.05) is 43.0 Å². The summed E-state index contributed by atoms with van der Waals surface area (Å²) in [6.45, 7) is 1.53. The average molecular weight is 471 g/mol. The molecular weight excluding hydrogens is 442 g/mol. The fourth-order valence-electron chi connectivity index (χ4n) is 5.45. The van der Waals surface area contributed by atoms with Crippen LogP contribution in [0.4, 0.5) is 18.4 Å². The van der Waals surface area contributed by atoms with E-state index in [2.05, 4.69) is 21.3 Å². The maximum atomic E-state index is 13.7. The third-order valence-corrected chi connectivity index (χ3v) is 7.29. The molecular formula is C25H28F2N4O3. The van der Waals surface area contributed by atoms with Crippen LogP contribution in [0.3, 0.4) is 0 Å². The molecule has 0 bridgehead atoms. The zero-order chi connectivity index (χ0) is 23.7. The number of carbonyl (C=O) groups excluding carboxylic acids is 2. The molecule has 0 spiro atoms. The number of ether oxygens (including phenoxy) is 1. The van der Waals surface area contributed by atoms with E-state index in [0.29, 0.717) is 17.5 Å². The van der Waals surface area contributed by atoms with Crippen molar-refractivity contribution < 1.29 is 23.1 Å². The number of aromatic nitrogens is 1. The van der Waals surface area contributed by atoms with E-state index < -0.39 is 29.8 Å². The Bertz CT molecular complexity index is 1050. The lowest BCUT2D eigenvalue weighted by molar-refractivity contribution is 0.155. The number of pyridine rings is 1. The molecule has 1 aliphatic carbocycles. The first-order valence-electron chi connectivity index (χ1n) is 11.9. The zero-order valence-electron chi connectivity index (χ0n) is 18.8. The van der Waals surface area contributed by atoms with E-state index in [1.807, 2.05) is 18.3 Å². The minimum atomic E-state index is -1.03. The van der Waals surface area contributed by atoms with Gasteiger partial charge in [-0.05, 0) is 61.9 Å². The number of rotatable bonds is 4. The molecule has 1 N–H and O–H groups in total. The summed E-state index contributed by atoms with van der Waals surface area (Å²) in [7, 11) is 0. The molecule has 2 aliphatic heterocycles. The fourth-order valence-corrected chi connectivity index (χ4v) is 5.45. The van der Waals surface area contributed by atoms with Crippen LogP contribution in [-0.4, -0.2) is 58.7 Å². The van der Waals surface area contributed by atoms with Crippen LogP contribution < -0.4 is 5.32 Å². The SMILES string of the molecule is O=C(N[C@@H]1CCN(C2CCC(c3ccccn3)CC2)C1)N1C(=O)OCC1c1ccc(F)c(F)c1. The number of urea groups is 1. The van der Waals surface area contributed by atoms with Crippen molar-refractivity contribution in [1.29, 1.82) is 0 Å². The first kappa shape index (κ1) is 22.7. The first-order valence-corrected chi connectivity index (χ1v) is 11.9. The van der Waals surface area contributed by atoms with Crippen molar-refractivity contribution in [2.75, 3.05) is 19.7 Å². The van der Waals surface area contributed by atoms with E-state index >= 15 is 0 Å². The molecule has 0 radical (unpaired) electrons. The number of hydrogen-bond donors (Lipinski definition) is 1. The number of benzene rings is 1. The van der Waals surface area contributed by atoms with Gasteiger partial charge >= 0.3 is 12.1 Å². The Morgan fingerprint density at radius 3 is 2.62 bits per heavy atom. The molecule has 1 saturated carbocycles. The number of imide groups is 1. The number of carbonyl (C=O) groups is 2. The lowest BCUT2D eigenvalue weighted by Gasteiger charge is -2.34. The molecule has 1 aromatic carbocycles. The van der Waals surface area contributed by atoms with E-state index in [1.54, 1.807) is 0 Å². The third-order valence-electron chi connectivity index (χ3n) is 7.29. The van der Waals surface area contributed by atoms with Gasteiger partial charge in [0.15, 0.2) is 11.6 Å². The van der Waals surface area contributed by atoms with Gasteiger partial charge in [0.1, 0.15) is 12.6 Å². The highest BCUT2D eigenvalue weighted by Gasteiger charge is 2.41. The molecule has 180 valence electrons. The predicted molar refractivity (Wildman–Crippen MR) is 120 cm³/mol. The smallest absolute Gasteiger partial charge is 0.418 e. The highest BCUT2D eigenvalue weighted by atomic mass is 19.2. The molecule has 3 amide bonds. The van der Waals surface area contributed by atoms with Gasteiger partial charge in [-0.15, -0.1) is 0 Å². The summed E-state index contributed by atoms with van der Waals surface area (Å²) in [5.74, 6) is -1.50. The van der Waals surface area contributed by atoms with Crippen molar-refractivity contribution in [3.8, 4) is 0 Å². The second-order valence-electron chi connectivity index (χ2n) is 9.33. The molecule has 2 aromatic rings. The molecule has 1 unspecified atom stereocenters. The summed E-state index contributed by atoms with van der Waals surface area (Å²) in [6.07, 6.45) is 6.26. The Morgan fingerprint density at radius 1 is 1.06 bits per heavy atom. The number of halogens is 2. The summed E-state index contributed by atoms with van der Waals surface area (Å²) < 4.78 is 32.1. The van der Waals surface area contributed by atoms with Gasteiger partial charge in [0.2, 0.25) is 0 Å². The minimum absolute atomic E-state index is 0.0833. The summed E-state index contributed by atoms with van der Waals surface area (Å²) in [5, 5.41) is 2.95. The second-order valence-corrected chi connectivity index (χ2v) is 9.33. The number of likely N-dealkylation sites (tertiary alicyclic amines) is 1. The van der Waals surface area contributed by atoms with E-state index in [1.165, 1.54) is 11.8 Å². The highest BCUT2D eigenvalue weighted by molar-refractivity contribution is 5.92. The van der Waals surface area contributed by atoms with Gasteiger partial charge in [0.05, 0.1) is 0 Å². The minimum Gasteiger partial charge on any atom is -0.446 e. The molecule has 7 nitrogen and oxygen atoms in total. The van der Waals surface area contributed by atoms with Crippen LogP contribution >= 0.6 is 0 Å². The topological polar surface area (TPSA) is 74.8 Å². The summed E-state index contributed by atoms with van der Waals surface area (Å²) in [5.41, 5.74) is 1.48. The monoisotopic (exact) mass is 470 g/mol. The molecule has 3 heterocycles. The molecule has 3 aliphatic rings. The van der Waals surface area contributed by atoms with E-state index in [9.17, 15) is 18.4 Å². The summed E-state index contributed by atoms with van der Waals surface area (Å²) >= 11 is 0. The molecule has 1 aromatic heterocycles. The average Bonchev–Trinajstić information content (AvgIpc) is 3.48. The fraction of sp³-hybridized carbons (Fsp3) is 0.480. The van der Waals surface area contributed by atoms with E-state index in [4.69, 9.17) is 4.74 Å². The lowest BCUT2D eigenvalue weighted by Crippen LogP contribution is -2.47. The quantitative estimate of drug-likeness (QED) is 0.719. The van der Waals surface area contributed by atoms with Crippen molar-refractivity contribution in [1.82, 2.24) is 20.1 Å². The number of amides is 3. The highest BCUT2D eigenvalue weighted by Crippen LogP contribution is 2.35. The van der Waals surface area contributed by atoms with Crippen LogP contribution in [0.1, 0.15) is 55.3 Å². The van der Waals surface area contributed by atoms with E-state index in [-0.39, 0.29) is 12.6 Å². The Kier molecular flexibility index (Phi) is 6.45. The van der Waals surface area contributed by atoms with Crippen molar-refractivity contribution in [2.45, 2.75) is 56.1 Å². The summed E-state index contributed by atoms with van der Waals surface area (Å²) in [4.78, 5) is 33.1.